The van der Waals surface area contributed by atoms with E-state index in [4.69, 9.17) is 11.5 Å². The third-order valence-corrected chi connectivity index (χ3v) is 22.9. The Hall–Kier alpha value is -13.9. The van der Waals surface area contributed by atoms with Gasteiger partial charge in [-0.2, -0.15) is 0 Å². The van der Waals surface area contributed by atoms with Gasteiger partial charge in [0.1, 0.15) is 71.2 Å². The smallest absolute Gasteiger partial charge is 0.303 e. The summed E-state index contributed by atoms with van der Waals surface area (Å²) in [5.74, 6) is -10.3. The Bertz CT molecular complexity index is 5160. The van der Waals surface area contributed by atoms with Crippen molar-refractivity contribution in [1.82, 2.24) is 90.3 Å². The molecule has 4 unspecified atom stereocenters. The van der Waals surface area contributed by atoms with Crippen molar-refractivity contribution in [2.75, 3.05) is 13.6 Å². The van der Waals surface area contributed by atoms with Crippen molar-refractivity contribution >= 4 is 129 Å². The molecule has 140 heavy (non-hydrogen) atoms. The number of fused-ring (bicyclic) bond motifs is 1. The Morgan fingerprint density at radius 2 is 1.06 bits per heavy atom. The number of phenols is 1. The minimum Gasteiger partial charge on any atom is -0.508 e. The Balaban J connectivity index is 0.0000203. The quantitative estimate of drug-likeness (QED) is 0.0134. The van der Waals surface area contributed by atoms with Gasteiger partial charge in [-0.1, -0.05) is 100 Å². The second-order valence-electron chi connectivity index (χ2n) is 36.2. The van der Waals surface area contributed by atoms with Crippen LogP contribution in [0.15, 0.2) is 85.1 Å². The van der Waals surface area contributed by atoms with Gasteiger partial charge < -0.3 is 112 Å². The zero-order valence-corrected chi connectivity index (χ0v) is 82.2. The fraction of sp³-hybridized carbons (Fsp3) is 0.546. The standard InChI is InChI=1S/C96H135N19O23.CH5N/c1-51(2)44-65-50-100-69(38-40-75(97)119)81(125)79(123)54(6)102-88(132)74(48-64-49-99-68-33-27-26-32-67(64)68)108-89(133)72(47-63-34-36-66(118)37-35-63)107-87(131)70(39-41-76(120)121)110-94(138)96(15,113-91(135)73(46-62-30-24-23-25-31-62)109-92(136)77(60(12)116)111-90(134)71(45-52(3)4)106-61(13)117)43-29-22-20-18-16-17-19-21-28-42-95(14,112-86(65)130)93(137)105-59(11)85(129)104-58(10)84(128)103-57(9)83(127)101-53(5)78(122)80(124)55(7)114-115-56(8)82(98)126;1-2/h23-27,30-37,49,51-60,65,69-74,77,99-100,114-116,118H,20-22,28-29,38-48,50H2,1-15H3,(H2,97,119)(H2,98,126)(H,101,127)(H,102,132)(H,103,128)(H,104,129)(H,105,137)(H,106,117)(H,107,131)(H,108,133)(H,109,136)(H,110,138)(H,111,134)(H,112,130)(H,113,135)(H,120,121);2H2,1H3/t53-,54?,55-,56+,57?,58-,59?,60+,65+,69-,70-,71-,72?,73-,74-,77-,95-,96-;/m0./s1. The van der Waals surface area contributed by atoms with Crippen LogP contribution in [0.5, 0.6) is 5.75 Å². The van der Waals surface area contributed by atoms with Gasteiger partial charge in [0, 0.05) is 75.5 Å². The second-order valence-corrected chi connectivity index (χ2v) is 36.2. The van der Waals surface area contributed by atoms with E-state index in [0.29, 0.717) is 27.6 Å². The maximum atomic E-state index is 15.5. The lowest BCUT2D eigenvalue weighted by Gasteiger charge is -2.34. The predicted octanol–water partition coefficient (Wildman–Crippen LogP) is -1.76. The van der Waals surface area contributed by atoms with Crippen molar-refractivity contribution in [3.63, 3.8) is 0 Å². The van der Waals surface area contributed by atoms with Crippen LogP contribution >= 0.6 is 0 Å². The van der Waals surface area contributed by atoms with Crippen LogP contribution < -0.4 is 102 Å². The van der Waals surface area contributed by atoms with E-state index in [1.165, 1.54) is 107 Å². The van der Waals surface area contributed by atoms with Crippen LogP contribution in [0, 0.1) is 41.4 Å². The molecule has 0 radical (unpaired) electrons. The van der Waals surface area contributed by atoms with Crippen molar-refractivity contribution in [1.29, 1.82) is 0 Å². The number of nitrogens with two attached hydrogens (primary N) is 3. The molecular formula is C97H140N20O23. The van der Waals surface area contributed by atoms with Crippen LogP contribution in [0.3, 0.4) is 0 Å². The zero-order valence-electron chi connectivity index (χ0n) is 82.2. The zero-order chi connectivity index (χ0) is 105. The molecule has 0 spiro atoms. The molecule has 18 atom stereocenters. The number of aromatic nitrogens is 1. The number of carboxylic acid groups (broad SMARTS) is 1. The number of benzene rings is 3. The summed E-state index contributed by atoms with van der Waals surface area (Å²) >= 11 is 0. The van der Waals surface area contributed by atoms with Crippen LogP contribution in [0.2, 0.25) is 0 Å². The number of phenolic OH excluding ortho intramolecular Hbond substituents is 1. The number of amides is 15. The minimum absolute atomic E-state index is 0.0214. The highest BCUT2D eigenvalue weighted by molar-refractivity contribution is 6.41. The van der Waals surface area contributed by atoms with Crippen LogP contribution in [0.1, 0.15) is 204 Å². The molecular weight excluding hydrogens is 1810 g/mol. The van der Waals surface area contributed by atoms with Gasteiger partial charge in [0.2, 0.25) is 112 Å². The molecule has 0 saturated carbocycles. The number of primary amides is 2. The number of hydrazine groups is 1. The van der Waals surface area contributed by atoms with Crippen LogP contribution in [-0.4, -0.2) is 253 Å². The lowest BCUT2D eigenvalue weighted by Crippen LogP contribution is -2.65. The van der Waals surface area contributed by atoms with Crippen molar-refractivity contribution in [3.05, 3.63) is 102 Å². The van der Waals surface area contributed by atoms with Gasteiger partial charge in [-0.3, -0.25) is 95.9 Å². The molecule has 0 aliphatic carbocycles. The fourth-order valence-electron chi connectivity index (χ4n) is 14.7. The van der Waals surface area contributed by atoms with Gasteiger partial charge in [0.05, 0.1) is 42.2 Å². The Morgan fingerprint density at radius 1 is 0.521 bits per heavy atom. The molecule has 0 saturated heterocycles. The topological polar surface area (TPSA) is 688 Å². The van der Waals surface area contributed by atoms with Crippen molar-refractivity contribution in [3.8, 4) is 29.4 Å². The highest BCUT2D eigenvalue weighted by atomic mass is 16.4. The summed E-state index contributed by atoms with van der Waals surface area (Å²) in [7, 11) is 1.50. The first-order valence-corrected chi connectivity index (χ1v) is 46.6. The first kappa shape index (κ1) is 118. The number of ketones is 4. The van der Waals surface area contributed by atoms with Gasteiger partial charge >= 0.3 is 5.97 Å². The van der Waals surface area contributed by atoms with E-state index < -0.39 is 264 Å². The van der Waals surface area contributed by atoms with E-state index in [0.717, 1.165) is 0 Å². The Kier molecular flexibility index (Phi) is 49.2. The lowest BCUT2D eigenvalue weighted by atomic mass is 9.89. The number of carboxylic acids is 1. The van der Waals surface area contributed by atoms with Gasteiger partial charge in [-0.25, -0.2) is 10.9 Å². The predicted molar refractivity (Wildman–Crippen MR) is 516 cm³/mol. The number of rotatable bonds is 39. The molecule has 4 aromatic rings. The summed E-state index contributed by atoms with van der Waals surface area (Å²) in [5, 5.41) is 68.7. The number of aliphatic hydroxyl groups excluding tert-OH is 1. The molecule has 15 amide bonds. The van der Waals surface area contributed by atoms with Crippen LogP contribution in [0.25, 0.3) is 10.9 Å². The molecule has 2 heterocycles. The van der Waals surface area contributed by atoms with Crippen molar-refractivity contribution in [2.24, 2.45) is 35.0 Å². The minimum atomic E-state index is -2.15. The number of carbonyl (C=O) groups is 20. The summed E-state index contributed by atoms with van der Waals surface area (Å²) < 4.78 is 0. The molecule has 43 nitrogen and oxygen atoms in total. The maximum Gasteiger partial charge on any atom is 0.303 e. The molecule has 1 aliphatic heterocycles. The SMILES string of the molecule is CC(=O)N[C@@H](CC(C)C)C(=O)N[C@H](C(=O)N[C@@H](Cc1ccccc1)C(=O)N[C@@]1(C)CCCCC#CC#CCCC[C@@](C)(C(=O)NC(C)C(=O)N[C@@H](C)C(=O)NC(C)C(=O)N[C@@H](C)C(=O)C(=O)[C@H](C)NN[C@H](C)C(N)=O)NC(=O)[C@H](CC(C)C)CN[C@@H](CCC(N)=O)C(=O)C(=O)C(C)NC(=O)[C@H](Cc2c[nH]c3ccccc23)NC(=O)C(Cc2ccc(O)cc2)NC(=O)[C@H](CCC(=O)O)NC1=O)[C@@H](C)O.CN. The van der Waals surface area contributed by atoms with E-state index in [1.54, 1.807) is 88.5 Å². The molecule has 766 valence electrons. The Labute approximate surface area is 814 Å². The lowest BCUT2D eigenvalue weighted by molar-refractivity contribution is -0.140. The van der Waals surface area contributed by atoms with Gasteiger partial charge in [-0.05, 0) is 193 Å². The number of aliphatic carboxylic acids is 1. The van der Waals surface area contributed by atoms with Gasteiger partial charge in [-0.15, -0.1) is 0 Å². The third kappa shape index (κ3) is 39.5. The Morgan fingerprint density at radius 3 is 1.64 bits per heavy atom. The average molecular weight is 1950 g/mol. The number of Topliss-reactive ketones (excluding diaryl/α,β-unsaturated/α-hetero) is 4. The molecule has 1 aromatic heterocycles. The molecule has 1 aliphatic rings. The summed E-state index contributed by atoms with van der Waals surface area (Å²) in [4.78, 5) is 283. The van der Waals surface area contributed by atoms with Crippen molar-refractivity contribution < 1.29 is 111 Å². The first-order valence-electron chi connectivity index (χ1n) is 46.6. The first-order chi connectivity index (χ1) is 65.8. The fourth-order valence-corrected chi connectivity index (χ4v) is 14.7. The monoisotopic (exact) mass is 1950 g/mol. The van der Waals surface area contributed by atoms with Gasteiger partial charge in [0.15, 0.2) is 0 Å². The number of hydrogen-bond donors (Lipinski definition) is 23. The van der Waals surface area contributed by atoms with Crippen LogP contribution in [-0.2, 0) is 115 Å². The largest absolute Gasteiger partial charge is 0.508 e. The number of para-hydroxylation sites is 1. The maximum absolute atomic E-state index is 15.5. The molecule has 0 bridgehead atoms. The molecule has 26 N–H and O–H groups in total. The van der Waals surface area contributed by atoms with Gasteiger partial charge in [0.25, 0.3) is 0 Å². The summed E-state index contributed by atoms with van der Waals surface area (Å²) in [6.45, 7) is 20.7. The molecule has 3 aromatic carbocycles. The van der Waals surface area contributed by atoms with E-state index >= 15 is 28.8 Å². The van der Waals surface area contributed by atoms with E-state index in [1.807, 2.05) is 0 Å². The highest BCUT2D eigenvalue weighted by Crippen LogP contribution is 2.25. The van der Waals surface area contributed by atoms with E-state index in [-0.39, 0.29) is 88.2 Å². The summed E-state index contributed by atoms with van der Waals surface area (Å²) in [6.07, 6.45) is -3.43. The van der Waals surface area contributed by atoms with E-state index in [9.17, 15) is 82.4 Å². The highest BCUT2D eigenvalue weighted by Gasteiger charge is 2.44. The summed E-state index contributed by atoms with van der Waals surface area (Å²) in [6, 6.07) is -0.370. The normalized spacial score (nSPS) is 21.2. The molecule has 0 fully saturated rings. The molecule has 43 heteroatoms. The number of aromatic hydroxyl groups is 1. The number of aromatic amines is 1. The number of aliphatic hydroxyl groups is 1. The summed E-state index contributed by atoms with van der Waals surface area (Å²) in [5.41, 5.74) is 18.1. The number of carbonyl (C=O) groups excluding carboxylic acids is 19. The molecule has 5 rings (SSSR count). The van der Waals surface area contributed by atoms with Crippen LogP contribution in [0.4, 0.5) is 0 Å². The second kappa shape index (κ2) is 58.1. The number of hydrogen-bond acceptors (Lipinski definition) is 26. The average Bonchev–Trinajstić information content (AvgIpc) is 1.84. The van der Waals surface area contributed by atoms with E-state index in [2.05, 4.69) is 120 Å². The third-order valence-electron chi connectivity index (χ3n) is 22.9. The number of H-pyrrole nitrogens is 1. The van der Waals surface area contributed by atoms with Crippen molar-refractivity contribution in [2.45, 2.75) is 308 Å². The number of nitrogens with one attached hydrogen (secondary N) is 17.